The Labute approximate surface area is 41.0 Å². The van der Waals surface area contributed by atoms with E-state index in [9.17, 15) is 9.59 Å². The summed E-state index contributed by atoms with van der Waals surface area (Å²) in [6, 6.07) is 0. The topological polar surface area (TPSA) is 54.4 Å². The van der Waals surface area contributed by atoms with Crippen molar-refractivity contribution in [2.45, 2.75) is 6.42 Å². The summed E-state index contributed by atoms with van der Waals surface area (Å²) < 4.78 is 0. The fourth-order valence-electron chi connectivity index (χ4n) is 0.149. The fourth-order valence-corrected chi connectivity index (χ4v) is 0.149. The SMILES string of the molecule is O=CC[CH]C(=O)O. The maximum absolute atomic E-state index is 9.54. The summed E-state index contributed by atoms with van der Waals surface area (Å²) in [4.78, 5) is 19.0. The lowest BCUT2D eigenvalue weighted by atomic mass is 10.3. The molecular weight excluding hydrogens is 96.0 g/mol. The molecule has 1 radical (unpaired) electrons. The maximum atomic E-state index is 9.54. The molecule has 0 bridgehead atoms. The molecule has 0 fully saturated rings. The zero-order valence-electron chi connectivity index (χ0n) is 3.63. The number of aliphatic carboxylic acids is 1. The van der Waals surface area contributed by atoms with Gasteiger partial charge < -0.3 is 9.90 Å². The van der Waals surface area contributed by atoms with Gasteiger partial charge in [-0.15, -0.1) is 0 Å². The predicted octanol–water partition coefficient (Wildman–Crippen LogP) is -0.136. The van der Waals surface area contributed by atoms with Gasteiger partial charge in [0.05, 0.1) is 6.42 Å². The van der Waals surface area contributed by atoms with Crippen molar-refractivity contribution in [2.24, 2.45) is 0 Å². The van der Waals surface area contributed by atoms with Crippen LogP contribution >= 0.6 is 0 Å². The second-order valence-electron chi connectivity index (χ2n) is 0.945. The van der Waals surface area contributed by atoms with E-state index in [1.54, 1.807) is 0 Å². The van der Waals surface area contributed by atoms with Gasteiger partial charge >= 0.3 is 5.97 Å². The monoisotopic (exact) mass is 101 g/mol. The van der Waals surface area contributed by atoms with E-state index in [1.807, 2.05) is 0 Å². The number of aldehydes is 1. The minimum Gasteiger partial charge on any atom is -0.481 e. The number of carbonyl (C=O) groups is 2. The van der Waals surface area contributed by atoms with Crippen molar-refractivity contribution >= 4 is 12.3 Å². The molecule has 0 aromatic carbocycles. The average molecular weight is 101 g/mol. The number of hydrogen-bond donors (Lipinski definition) is 1. The number of hydrogen-bond acceptors (Lipinski definition) is 2. The van der Waals surface area contributed by atoms with Gasteiger partial charge in [-0.05, 0) is 0 Å². The first kappa shape index (κ1) is 6.14. The molecule has 0 aromatic rings. The van der Waals surface area contributed by atoms with Crippen LogP contribution in [0.2, 0.25) is 0 Å². The van der Waals surface area contributed by atoms with Crippen LogP contribution in [0.5, 0.6) is 0 Å². The van der Waals surface area contributed by atoms with Crippen LogP contribution in [-0.4, -0.2) is 17.4 Å². The Morgan fingerprint density at radius 1 is 1.71 bits per heavy atom. The molecule has 0 saturated carbocycles. The highest BCUT2D eigenvalue weighted by atomic mass is 16.4. The fraction of sp³-hybridized carbons (Fsp3) is 0.250. The minimum absolute atomic E-state index is 0.00463. The Morgan fingerprint density at radius 3 is 2.43 bits per heavy atom. The summed E-state index contributed by atoms with van der Waals surface area (Å²) in [5.41, 5.74) is 0. The first-order valence-corrected chi connectivity index (χ1v) is 1.77. The van der Waals surface area contributed by atoms with Crippen molar-refractivity contribution < 1.29 is 14.7 Å². The Bertz CT molecular complexity index is 77.0. The molecule has 0 heterocycles. The van der Waals surface area contributed by atoms with Crippen LogP contribution in [0.4, 0.5) is 0 Å². The van der Waals surface area contributed by atoms with E-state index in [2.05, 4.69) is 0 Å². The summed E-state index contributed by atoms with van der Waals surface area (Å²) >= 11 is 0. The predicted molar refractivity (Wildman–Crippen MR) is 22.6 cm³/mol. The van der Waals surface area contributed by atoms with Gasteiger partial charge in [-0.3, -0.25) is 4.79 Å². The van der Waals surface area contributed by atoms with E-state index in [0.29, 0.717) is 6.29 Å². The first-order chi connectivity index (χ1) is 3.27. The van der Waals surface area contributed by atoms with Crippen LogP contribution in [0.3, 0.4) is 0 Å². The van der Waals surface area contributed by atoms with E-state index >= 15 is 0 Å². The summed E-state index contributed by atoms with van der Waals surface area (Å²) in [7, 11) is 0. The molecule has 1 N–H and O–H groups in total. The molecule has 0 aromatic heterocycles. The summed E-state index contributed by atoms with van der Waals surface area (Å²) in [6.07, 6.45) is 1.43. The minimum atomic E-state index is -1.05. The van der Waals surface area contributed by atoms with Gasteiger partial charge in [-0.1, -0.05) is 0 Å². The van der Waals surface area contributed by atoms with Crippen molar-refractivity contribution in [1.82, 2.24) is 0 Å². The van der Waals surface area contributed by atoms with Gasteiger partial charge in [-0.2, -0.15) is 0 Å². The Balaban J connectivity index is 2.97. The summed E-state index contributed by atoms with van der Waals surface area (Å²) in [6.45, 7) is 0. The van der Waals surface area contributed by atoms with Gasteiger partial charge in [0.2, 0.25) is 0 Å². The second-order valence-corrected chi connectivity index (χ2v) is 0.945. The van der Waals surface area contributed by atoms with Crippen molar-refractivity contribution in [2.75, 3.05) is 0 Å². The summed E-state index contributed by atoms with van der Waals surface area (Å²) in [5.74, 6) is -1.05. The van der Waals surface area contributed by atoms with Crippen LogP contribution in [0.15, 0.2) is 0 Å². The molecule has 0 amide bonds. The lowest BCUT2D eigenvalue weighted by molar-refractivity contribution is -0.133. The third-order valence-electron chi connectivity index (χ3n) is 0.389. The molecule has 0 aliphatic carbocycles. The Hall–Kier alpha value is -0.860. The Kier molecular flexibility index (Phi) is 2.92. The van der Waals surface area contributed by atoms with Gasteiger partial charge in [0.15, 0.2) is 0 Å². The van der Waals surface area contributed by atoms with Gasteiger partial charge in [0.1, 0.15) is 6.29 Å². The van der Waals surface area contributed by atoms with Crippen LogP contribution in [0.25, 0.3) is 0 Å². The number of carboxylic acid groups (broad SMARTS) is 1. The smallest absolute Gasteiger partial charge is 0.307 e. The van der Waals surface area contributed by atoms with E-state index in [-0.39, 0.29) is 6.42 Å². The first-order valence-electron chi connectivity index (χ1n) is 1.77. The number of carboxylic acids is 1. The van der Waals surface area contributed by atoms with Crippen molar-refractivity contribution in [1.29, 1.82) is 0 Å². The van der Waals surface area contributed by atoms with Crippen LogP contribution in [0.1, 0.15) is 6.42 Å². The molecule has 0 unspecified atom stereocenters. The quantitative estimate of drug-likeness (QED) is 0.503. The van der Waals surface area contributed by atoms with E-state index < -0.39 is 5.97 Å². The largest absolute Gasteiger partial charge is 0.481 e. The zero-order chi connectivity index (χ0) is 5.70. The van der Waals surface area contributed by atoms with Gasteiger partial charge in [0, 0.05) is 6.42 Å². The highest BCUT2D eigenvalue weighted by Gasteiger charge is 1.92. The highest BCUT2D eigenvalue weighted by Crippen LogP contribution is 1.78. The molecule has 0 aliphatic rings. The zero-order valence-corrected chi connectivity index (χ0v) is 3.63. The molecule has 3 nitrogen and oxygen atoms in total. The standard InChI is InChI=1S/C4H5O3/c5-3-1-2-4(6)7/h2-3H,1H2,(H,6,7). The molecule has 0 saturated heterocycles. The van der Waals surface area contributed by atoms with Crippen molar-refractivity contribution in [3.05, 3.63) is 6.42 Å². The van der Waals surface area contributed by atoms with Gasteiger partial charge in [-0.25, -0.2) is 0 Å². The normalized spacial score (nSPS) is 8.00. The lowest BCUT2D eigenvalue weighted by Crippen LogP contribution is -1.94. The second kappa shape index (κ2) is 3.33. The molecule has 3 heteroatoms. The summed E-state index contributed by atoms with van der Waals surface area (Å²) in [5, 5.41) is 7.83. The molecule has 0 spiro atoms. The van der Waals surface area contributed by atoms with Crippen LogP contribution < -0.4 is 0 Å². The van der Waals surface area contributed by atoms with Crippen molar-refractivity contribution in [3.63, 3.8) is 0 Å². The molecular formula is C4H5O3. The van der Waals surface area contributed by atoms with E-state index in [4.69, 9.17) is 5.11 Å². The molecule has 0 atom stereocenters. The van der Waals surface area contributed by atoms with Crippen molar-refractivity contribution in [3.8, 4) is 0 Å². The molecule has 0 rings (SSSR count). The lowest BCUT2D eigenvalue weighted by Gasteiger charge is -1.78. The molecule has 0 aliphatic heterocycles. The molecule has 39 valence electrons. The third-order valence-corrected chi connectivity index (χ3v) is 0.389. The third kappa shape index (κ3) is 5.14. The number of carbonyl (C=O) groups excluding carboxylic acids is 1. The van der Waals surface area contributed by atoms with Gasteiger partial charge in [0.25, 0.3) is 0 Å². The van der Waals surface area contributed by atoms with Crippen LogP contribution in [0, 0.1) is 6.42 Å². The Morgan fingerprint density at radius 2 is 2.29 bits per heavy atom. The number of rotatable bonds is 3. The average Bonchev–Trinajstić information content (AvgIpc) is 1.61. The highest BCUT2D eigenvalue weighted by molar-refractivity contribution is 5.79. The van der Waals surface area contributed by atoms with Crippen LogP contribution in [-0.2, 0) is 9.59 Å². The maximum Gasteiger partial charge on any atom is 0.307 e. The van der Waals surface area contributed by atoms with E-state index in [1.165, 1.54) is 0 Å². The van der Waals surface area contributed by atoms with E-state index in [0.717, 1.165) is 6.42 Å². The molecule has 7 heavy (non-hydrogen) atoms.